The lowest BCUT2D eigenvalue weighted by atomic mass is 9.91. The number of likely N-dealkylation sites (tertiary alicyclic amines) is 1. The van der Waals surface area contributed by atoms with E-state index in [0.717, 1.165) is 37.9 Å². The summed E-state index contributed by atoms with van der Waals surface area (Å²) in [7, 11) is 0. The second-order valence-corrected chi connectivity index (χ2v) is 8.06. The molecule has 0 N–H and O–H groups in total. The number of piperazine rings is 1. The van der Waals surface area contributed by atoms with Gasteiger partial charge in [-0.05, 0) is 44.4 Å². The lowest BCUT2D eigenvalue weighted by molar-refractivity contribution is 0.0553. The van der Waals surface area contributed by atoms with Gasteiger partial charge in [0.15, 0.2) is 0 Å². The van der Waals surface area contributed by atoms with E-state index in [1.165, 1.54) is 58.0 Å². The zero-order valence-corrected chi connectivity index (χ0v) is 15.4. The Labute approximate surface area is 151 Å². The average molecular weight is 346 g/mol. The maximum absolute atomic E-state index is 14.0. The van der Waals surface area contributed by atoms with Crippen LogP contribution in [0.4, 0.5) is 10.1 Å². The summed E-state index contributed by atoms with van der Waals surface area (Å²) in [6, 6.07) is 8.75. The first-order valence-corrected chi connectivity index (χ1v) is 10.3. The molecule has 3 nitrogen and oxygen atoms in total. The topological polar surface area (TPSA) is 9.72 Å². The maximum Gasteiger partial charge on any atom is 0.146 e. The molecule has 0 aromatic heterocycles. The number of para-hydroxylation sites is 1. The highest BCUT2D eigenvalue weighted by molar-refractivity contribution is 5.48. The number of hydrogen-bond acceptors (Lipinski definition) is 3. The van der Waals surface area contributed by atoms with E-state index in [-0.39, 0.29) is 5.82 Å². The van der Waals surface area contributed by atoms with Gasteiger partial charge in [-0.1, -0.05) is 31.4 Å². The Morgan fingerprint density at radius 1 is 0.720 bits per heavy atom. The van der Waals surface area contributed by atoms with E-state index in [0.29, 0.717) is 6.04 Å². The molecule has 1 atom stereocenters. The van der Waals surface area contributed by atoms with E-state index in [1.807, 2.05) is 12.1 Å². The standard InChI is InChI=1S/C21H32FN3/c22-20-10-4-5-11-21(20)24-15-13-23(14-16-24)19-9-6-12-25(17-19)18-7-2-1-3-8-18/h4-5,10-11,18-19H,1-3,6-9,12-17H2/t19-/m0/s1. The van der Waals surface area contributed by atoms with Gasteiger partial charge >= 0.3 is 0 Å². The van der Waals surface area contributed by atoms with E-state index in [4.69, 9.17) is 0 Å². The third-order valence-electron chi connectivity index (χ3n) is 6.54. The fourth-order valence-corrected chi connectivity index (χ4v) is 5.10. The van der Waals surface area contributed by atoms with Gasteiger partial charge in [0.2, 0.25) is 0 Å². The summed E-state index contributed by atoms with van der Waals surface area (Å²) in [6.07, 6.45) is 9.78. The molecule has 1 aliphatic carbocycles. The summed E-state index contributed by atoms with van der Waals surface area (Å²) in [5, 5.41) is 0. The van der Waals surface area contributed by atoms with E-state index >= 15 is 0 Å². The molecule has 4 rings (SSSR count). The van der Waals surface area contributed by atoms with E-state index in [9.17, 15) is 4.39 Å². The fraction of sp³-hybridized carbons (Fsp3) is 0.714. The third kappa shape index (κ3) is 4.01. The minimum atomic E-state index is -0.0860. The molecule has 0 spiro atoms. The summed E-state index contributed by atoms with van der Waals surface area (Å²) in [4.78, 5) is 7.68. The molecule has 138 valence electrons. The predicted molar refractivity (Wildman–Crippen MR) is 102 cm³/mol. The van der Waals surface area contributed by atoms with Crippen LogP contribution < -0.4 is 4.90 Å². The Morgan fingerprint density at radius 2 is 1.44 bits per heavy atom. The van der Waals surface area contributed by atoms with Crippen LogP contribution in [0.2, 0.25) is 0 Å². The number of benzene rings is 1. The van der Waals surface area contributed by atoms with Crippen molar-refractivity contribution in [1.29, 1.82) is 0 Å². The van der Waals surface area contributed by atoms with Crippen molar-refractivity contribution in [2.75, 3.05) is 44.2 Å². The highest BCUT2D eigenvalue weighted by atomic mass is 19.1. The molecule has 1 aromatic carbocycles. The van der Waals surface area contributed by atoms with E-state index in [1.54, 1.807) is 12.1 Å². The summed E-state index contributed by atoms with van der Waals surface area (Å²) in [5.74, 6) is -0.0860. The Bertz CT molecular complexity index is 550. The van der Waals surface area contributed by atoms with Crippen LogP contribution in [-0.4, -0.2) is 61.2 Å². The SMILES string of the molecule is Fc1ccccc1N1CCN([C@H]2CCCN(C3CCCCC3)C2)CC1. The van der Waals surface area contributed by atoms with Crippen molar-refractivity contribution in [1.82, 2.24) is 9.80 Å². The van der Waals surface area contributed by atoms with Crippen LogP contribution in [0.25, 0.3) is 0 Å². The first-order valence-electron chi connectivity index (χ1n) is 10.3. The molecule has 0 bridgehead atoms. The van der Waals surface area contributed by atoms with Gasteiger partial charge in [0.05, 0.1) is 5.69 Å². The summed E-state index contributed by atoms with van der Waals surface area (Å²) >= 11 is 0. The van der Waals surface area contributed by atoms with Crippen LogP contribution in [0, 0.1) is 5.82 Å². The molecule has 2 aliphatic heterocycles. The number of halogens is 1. The highest BCUT2D eigenvalue weighted by Crippen LogP contribution is 2.28. The molecule has 25 heavy (non-hydrogen) atoms. The van der Waals surface area contributed by atoms with Crippen LogP contribution in [0.15, 0.2) is 24.3 Å². The molecule has 3 fully saturated rings. The van der Waals surface area contributed by atoms with E-state index < -0.39 is 0 Å². The lowest BCUT2D eigenvalue weighted by Crippen LogP contribution is -2.56. The monoisotopic (exact) mass is 345 g/mol. The molecule has 1 aromatic rings. The van der Waals surface area contributed by atoms with Crippen molar-refractivity contribution in [3.8, 4) is 0 Å². The Morgan fingerprint density at radius 3 is 2.20 bits per heavy atom. The Kier molecular flexibility index (Phi) is 5.57. The molecular weight excluding hydrogens is 313 g/mol. The summed E-state index contributed by atoms with van der Waals surface area (Å²) in [5.41, 5.74) is 0.773. The number of anilines is 1. The number of hydrogen-bond donors (Lipinski definition) is 0. The molecule has 1 saturated carbocycles. The van der Waals surface area contributed by atoms with Gasteiger partial charge in [0, 0.05) is 44.8 Å². The molecule has 0 amide bonds. The van der Waals surface area contributed by atoms with E-state index in [2.05, 4.69) is 14.7 Å². The summed E-state index contributed by atoms with van der Waals surface area (Å²) < 4.78 is 14.0. The number of piperidine rings is 1. The van der Waals surface area contributed by atoms with Gasteiger partial charge in [-0.15, -0.1) is 0 Å². The molecule has 3 aliphatic rings. The predicted octanol–water partition coefficient (Wildman–Crippen LogP) is 3.74. The quantitative estimate of drug-likeness (QED) is 0.826. The van der Waals surface area contributed by atoms with Crippen molar-refractivity contribution in [3.05, 3.63) is 30.1 Å². The lowest BCUT2D eigenvalue weighted by Gasteiger charge is -2.46. The summed E-state index contributed by atoms with van der Waals surface area (Å²) in [6.45, 7) is 6.58. The number of rotatable bonds is 3. The Hall–Kier alpha value is -1.13. The van der Waals surface area contributed by atoms with Gasteiger partial charge in [-0.25, -0.2) is 4.39 Å². The van der Waals surface area contributed by atoms with Crippen LogP contribution in [0.3, 0.4) is 0 Å². The largest absolute Gasteiger partial charge is 0.367 e. The second-order valence-electron chi connectivity index (χ2n) is 8.06. The minimum absolute atomic E-state index is 0.0860. The van der Waals surface area contributed by atoms with Crippen LogP contribution >= 0.6 is 0 Å². The van der Waals surface area contributed by atoms with Gasteiger partial charge in [0.1, 0.15) is 5.82 Å². The fourth-order valence-electron chi connectivity index (χ4n) is 5.10. The number of nitrogens with zero attached hydrogens (tertiary/aromatic N) is 3. The third-order valence-corrected chi connectivity index (χ3v) is 6.54. The van der Waals surface area contributed by atoms with Crippen molar-refractivity contribution in [2.45, 2.75) is 57.0 Å². The molecular formula is C21H32FN3. The minimum Gasteiger partial charge on any atom is -0.367 e. The normalized spacial score (nSPS) is 27.6. The first kappa shape index (κ1) is 17.3. The van der Waals surface area contributed by atoms with Crippen molar-refractivity contribution >= 4 is 5.69 Å². The van der Waals surface area contributed by atoms with Gasteiger partial charge < -0.3 is 4.90 Å². The average Bonchev–Trinajstić information content (AvgIpc) is 2.69. The molecule has 2 heterocycles. The van der Waals surface area contributed by atoms with Crippen LogP contribution in [-0.2, 0) is 0 Å². The van der Waals surface area contributed by atoms with Crippen LogP contribution in [0.5, 0.6) is 0 Å². The zero-order valence-electron chi connectivity index (χ0n) is 15.4. The van der Waals surface area contributed by atoms with Gasteiger partial charge in [-0.2, -0.15) is 0 Å². The molecule has 0 radical (unpaired) electrons. The maximum atomic E-state index is 14.0. The van der Waals surface area contributed by atoms with Crippen LogP contribution in [0.1, 0.15) is 44.9 Å². The molecule has 0 unspecified atom stereocenters. The zero-order chi connectivity index (χ0) is 17.1. The van der Waals surface area contributed by atoms with Crippen molar-refractivity contribution in [3.63, 3.8) is 0 Å². The van der Waals surface area contributed by atoms with Gasteiger partial charge in [-0.3, -0.25) is 9.80 Å². The van der Waals surface area contributed by atoms with Crippen molar-refractivity contribution in [2.24, 2.45) is 0 Å². The second kappa shape index (κ2) is 8.05. The van der Waals surface area contributed by atoms with Gasteiger partial charge in [0.25, 0.3) is 0 Å². The Balaban J connectivity index is 1.32. The van der Waals surface area contributed by atoms with Crippen molar-refractivity contribution < 1.29 is 4.39 Å². The first-order chi connectivity index (χ1) is 12.3. The molecule has 2 saturated heterocycles. The molecule has 4 heteroatoms. The smallest absolute Gasteiger partial charge is 0.146 e. The highest BCUT2D eigenvalue weighted by Gasteiger charge is 2.31.